The highest BCUT2D eigenvalue weighted by Gasteiger charge is 2.47. The second-order valence-electron chi connectivity index (χ2n) is 7.27. The van der Waals surface area contributed by atoms with Crippen LogP contribution in [0.2, 0.25) is 5.02 Å². The van der Waals surface area contributed by atoms with Gasteiger partial charge in [-0.2, -0.15) is 0 Å². The summed E-state index contributed by atoms with van der Waals surface area (Å²) in [6.45, 7) is 0. The Kier molecular flexibility index (Phi) is 6.07. The van der Waals surface area contributed by atoms with Gasteiger partial charge in [0.05, 0.1) is 30.9 Å². The number of carbonyl (C=O) groups is 2. The molecule has 0 radical (unpaired) electrons. The predicted molar refractivity (Wildman–Crippen MR) is 122 cm³/mol. The first-order valence-corrected chi connectivity index (χ1v) is 10.3. The summed E-state index contributed by atoms with van der Waals surface area (Å²) in [5.74, 6) is -1.60. The van der Waals surface area contributed by atoms with Crippen LogP contribution in [0.3, 0.4) is 0 Å². The molecule has 1 amide bonds. The summed E-state index contributed by atoms with van der Waals surface area (Å²) in [4.78, 5) is 27.4. The Bertz CT molecular complexity index is 1250. The molecule has 1 aliphatic heterocycles. The number of amides is 1. The zero-order valence-electron chi connectivity index (χ0n) is 17.7. The van der Waals surface area contributed by atoms with Crippen molar-refractivity contribution in [3.63, 3.8) is 0 Å². The van der Waals surface area contributed by atoms with Crippen molar-refractivity contribution in [1.82, 2.24) is 0 Å². The van der Waals surface area contributed by atoms with Crippen molar-refractivity contribution in [1.29, 1.82) is 0 Å². The number of anilines is 1. The number of hydrogen-bond acceptors (Lipinski definition) is 5. The minimum atomic E-state index is -0.956. The van der Waals surface area contributed by atoms with Gasteiger partial charge in [-0.25, -0.2) is 4.39 Å². The number of methoxy groups -OCH3 is 2. The highest BCUT2D eigenvalue weighted by Crippen LogP contribution is 2.43. The summed E-state index contributed by atoms with van der Waals surface area (Å²) in [7, 11) is 2.98. The van der Waals surface area contributed by atoms with Crippen LogP contribution < -0.4 is 14.4 Å². The molecule has 0 aromatic heterocycles. The minimum absolute atomic E-state index is 0.115. The topological polar surface area (TPSA) is 76.1 Å². The van der Waals surface area contributed by atoms with Gasteiger partial charge in [0.2, 0.25) is 0 Å². The molecule has 3 aromatic rings. The van der Waals surface area contributed by atoms with E-state index in [2.05, 4.69) is 0 Å². The van der Waals surface area contributed by atoms with E-state index in [1.54, 1.807) is 30.3 Å². The lowest BCUT2D eigenvalue weighted by Crippen LogP contribution is -2.29. The van der Waals surface area contributed by atoms with Crippen molar-refractivity contribution in [3.05, 3.63) is 94.3 Å². The van der Waals surface area contributed by atoms with Gasteiger partial charge in [-0.3, -0.25) is 14.5 Å². The summed E-state index contributed by atoms with van der Waals surface area (Å²) >= 11 is 6.20. The van der Waals surface area contributed by atoms with Crippen molar-refractivity contribution in [2.75, 3.05) is 19.1 Å². The normalized spacial score (nSPS) is 17.3. The lowest BCUT2D eigenvalue weighted by Gasteiger charge is -2.25. The highest BCUT2D eigenvalue weighted by molar-refractivity contribution is 6.51. The quantitative estimate of drug-likeness (QED) is 0.320. The first-order chi connectivity index (χ1) is 15.8. The Morgan fingerprint density at radius 2 is 1.64 bits per heavy atom. The second-order valence-corrected chi connectivity index (χ2v) is 7.68. The van der Waals surface area contributed by atoms with Crippen molar-refractivity contribution in [2.24, 2.45) is 0 Å². The smallest absolute Gasteiger partial charge is 0.300 e. The lowest BCUT2D eigenvalue weighted by molar-refractivity contribution is -0.132. The van der Waals surface area contributed by atoms with Gasteiger partial charge in [0, 0.05) is 11.3 Å². The minimum Gasteiger partial charge on any atom is -0.507 e. The largest absolute Gasteiger partial charge is 0.507 e. The van der Waals surface area contributed by atoms with E-state index in [0.29, 0.717) is 22.7 Å². The van der Waals surface area contributed by atoms with E-state index < -0.39 is 23.5 Å². The van der Waals surface area contributed by atoms with Gasteiger partial charge in [0.15, 0.2) is 0 Å². The molecule has 1 saturated heterocycles. The molecular weight excluding hydrogens is 449 g/mol. The zero-order valence-corrected chi connectivity index (χ0v) is 18.5. The maximum absolute atomic E-state index is 13.5. The third kappa shape index (κ3) is 4.03. The Morgan fingerprint density at radius 3 is 2.21 bits per heavy atom. The van der Waals surface area contributed by atoms with Crippen LogP contribution in [0.1, 0.15) is 17.2 Å². The molecule has 1 fully saturated rings. The third-order valence-corrected chi connectivity index (χ3v) is 5.70. The fourth-order valence-electron chi connectivity index (χ4n) is 3.77. The molecule has 1 atom stereocenters. The molecule has 0 aliphatic carbocycles. The Labute approximate surface area is 194 Å². The van der Waals surface area contributed by atoms with Gasteiger partial charge in [0.1, 0.15) is 23.1 Å². The maximum atomic E-state index is 13.5. The predicted octanol–water partition coefficient (Wildman–Crippen LogP) is 5.12. The van der Waals surface area contributed by atoms with Gasteiger partial charge in [-0.15, -0.1) is 0 Å². The molecule has 3 aromatic carbocycles. The summed E-state index contributed by atoms with van der Waals surface area (Å²) in [6, 6.07) is 15.5. The monoisotopic (exact) mass is 467 g/mol. The van der Waals surface area contributed by atoms with Crippen LogP contribution in [0.5, 0.6) is 11.5 Å². The number of nitrogens with zero attached hydrogens (tertiary/aromatic N) is 1. The number of benzene rings is 3. The average molecular weight is 468 g/mol. The zero-order chi connectivity index (χ0) is 23.7. The van der Waals surface area contributed by atoms with Gasteiger partial charge >= 0.3 is 0 Å². The first kappa shape index (κ1) is 22.4. The first-order valence-electron chi connectivity index (χ1n) is 9.90. The van der Waals surface area contributed by atoms with E-state index in [0.717, 1.165) is 0 Å². The van der Waals surface area contributed by atoms with Crippen molar-refractivity contribution < 1.29 is 28.6 Å². The number of halogens is 2. The van der Waals surface area contributed by atoms with E-state index in [1.807, 2.05) is 0 Å². The van der Waals surface area contributed by atoms with E-state index in [-0.39, 0.29) is 21.9 Å². The third-order valence-electron chi connectivity index (χ3n) is 5.41. The molecule has 4 rings (SSSR count). The fraction of sp³-hybridized carbons (Fsp3) is 0.120. The molecule has 1 heterocycles. The van der Waals surface area contributed by atoms with Gasteiger partial charge < -0.3 is 14.6 Å². The van der Waals surface area contributed by atoms with Crippen LogP contribution in [0.4, 0.5) is 10.1 Å². The number of carbonyl (C=O) groups excluding carboxylic acids is 2. The number of rotatable bonds is 5. The van der Waals surface area contributed by atoms with Crippen LogP contribution in [-0.2, 0) is 9.59 Å². The Hall–Kier alpha value is -3.84. The summed E-state index contributed by atoms with van der Waals surface area (Å²) in [5.41, 5.74) is 0.999. The number of hydrogen-bond donors (Lipinski definition) is 1. The Morgan fingerprint density at radius 1 is 0.970 bits per heavy atom. The number of ether oxygens (including phenoxy) is 2. The highest BCUT2D eigenvalue weighted by atomic mass is 35.5. The SMILES string of the molecule is COc1ccc(C2/C(=C(/O)c3ccc(OC)c(Cl)c3)C(=O)C(=O)N2c2ccc(F)cc2)cc1. The molecule has 1 N–H and O–H groups in total. The molecule has 6 nitrogen and oxygen atoms in total. The number of aliphatic hydroxyl groups is 1. The van der Waals surface area contributed by atoms with Crippen LogP contribution >= 0.6 is 11.6 Å². The average Bonchev–Trinajstić information content (AvgIpc) is 3.09. The van der Waals surface area contributed by atoms with E-state index in [4.69, 9.17) is 21.1 Å². The van der Waals surface area contributed by atoms with Crippen LogP contribution in [-0.4, -0.2) is 31.0 Å². The second kappa shape index (κ2) is 8.96. The Balaban J connectivity index is 1.92. The van der Waals surface area contributed by atoms with E-state index in [1.165, 1.54) is 55.5 Å². The number of ketones is 1. The molecular formula is C25H19ClFNO5. The van der Waals surface area contributed by atoms with E-state index in [9.17, 15) is 19.1 Å². The van der Waals surface area contributed by atoms with Gasteiger partial charge in [-0.05, 0) is 60.2 Å². The molecule has 1 aliphatic rings. The molecule has 1 unspecified atom stereocenters. The summed E-state index contributed by atoms with van der Waals surface area (Å²) in [6.07, 6.45) is 0. The molecule has 0 saturated carbocycles. The van der Waals surface area contributed by atoms with Crippen molar-refractivity contribution in [2.45, 2.75) is 6.04 Å². The molecule has 168 valence electrons. The molecule has 8 heteroatoms. The van der Waals surface area contributed by atoms with E-state index >= 15 is 0 Å². The van der Waals surface area contributed by atoms with Gasteiger partial charge in [-0.1, -0.05) is 23.7 Å². The number of aliphatic hydroxyl groups excluding tert-OH is 1. The molecule has 0 spiro atoms. The fourth-order valence-corrected chi connectivity index (χ4v) is 4.03. The maximum Gasteiger partial charge on any atom is 0.300 e. The summed E-state index contributed by atoms with van der Waals surface area (Å²) < 4.78 is 23.9. The molecule has 33 heavy (non-hydrogen) atoms. The van der Waals surface area contributed by atoms with Crippen LogP contribution in [0, 0.1) is 5.82 Å². The van der Waals surface area contributed by atoms with Crippen LogP contribution in [0.15, 0.2) is 72.3 Å². The molecule has 0 bridgehead atoms. The lowest BCUT2D eigenvalue weighted by atomic mass is 9.95. The van der Waals surface area contributed by atoms with Crippen LogP contribution in [0.25, 0.3) is 5.76 Å². The van der Waals surface area contributed by atoms with Crippen molar-refractivity contribution in [3.8, 4) is 11.5 Å². The van der Waals surface area contributed by atoms with Crippen molar-refractivity contribution >= 4 is 34.7 Å². The number of Topliss-reactive ketones (excluding diaryl/α,β-unsaturated/α-hetero) is 1. The summed E-state index contributed by atoms with van der Waals surface area (Å²) in [5, 5.41) is 11.4. The standard InChI is InChI=1S/C25H19ClFNO5/c1-32-18-10-3-14(4-11-18)22-21(23(29)15-5-12-20(33-2)19(26)13-15)24(30)25(31)28(22)17-8-6-16(27)7-9-17/h3-13,22,29H,1-2H3/b23-21-. The van der Waals surface area contributed by atoms with Gasteiger partial charge in [0.25, 0.3) is 11.7 Å².